The summed E-state index contributed by atoms with van der Waals surface area (Å²) in [5, 5.41) is 8.64. The minimum atomic E-state index is -1.08. The summed E-state index contributed by atoms with van der Waals surface area (Å²) in [6.07, 6.45) is 3.76. The van der Waals surface area contributed by atoms with E-state index >= 15 is 0 Å². The number of fused-ring (bicyclic) bond motifs is 1. The van der Waals surface area contributed by atoms with E-state index in [9.17, 15) is 14.4 Å². The molecule has 1 aliphatic rings. The Morgan fingerprint density at radius 2 is 1.73 bits per heavy atom. The Morgan fingerprint density at radius 3 is 2.32 bits per heavy atom. The molecule has 0 saturated carbocycles. The lowest BCUT2D eigenvalue weighted by Gasteiger charge is -2.12. The number of benzene rings is 1. The molecule has 2 amide bonds. The Balaban J connectivity index is 1.99. The van der Waals surface area contributed by atoms with Crippen molar-refractivity contribution in [2.75, 3.05) is 4.90 Å². The average Bonchev–Trinajstić information content (AvgIpc) is 2.78. The van der Waals surface area contributed by atoms with Crippen molar-refractivity contribution in [3.8, 4) is 0 Å². The molecule has 2 heterocycles. The van der Waals surface area contributed by atoms with E-state index in [4.69, 9.17) is 5.11 Å². The second kappa shape index (κ2) is 5.25. The Labute approximate surface area is 125 Å². The van der Waals surface area contributed by atoms with Crippen LogP contribution in [0.1, 0.15) is 26.3 Å². The third kappa shape index (κ3) is 2.26. The first-order chi connectivity index (χ1) is 10.6. The van der Waals surface area contributed by atoms with Crippen molar-refractivity contribution >= 4 is 29.7 Å². The average molecular weight is 294 g/mol. The van der Waals surface area contributed by atoms with Crippen LogP contribution in [0.3, 0.4) is 0 Å². The zero-order valence-corrected chi connectivity index (χ0v) is 11.3. The van der Waals surface area contributed by atoms with Gasteiger partial charge in [0.1, 0.15) is 5.82 Å². The maximum atomic E-state index is 12.3. The number of hydrogen-bond donors (Lipinski definition) is 1. The monoisotopic (exact) mass is 294 g/mol. The number of rotatable bonds is 3. The molecule has 1 aromatic carbocycles. The first-order valence-electron chi connectivity index (χ1n) is 6.43. The van der Waals surface area contributed by atoms with Crippen molar-refractivity contribution in [3.63, 3.8) is 0 Å². The van der Waals surface area contributed by atoms with Gasteiger partial charge in [0, 0.05) is 12.3 Å². The van der Waals surface area contributed by atoms with Gasteiger partial charge in [-0.25, -0.2) is 14.7 Å². The quantitative estimate of drug-likeness (QED) is 0.691. The number of hydrogen-bond acceptors (Lipinski definition) is 4. The maximum absolute atomic E-state index is 12.3. The molecule has 6 nitrogen and oxygen atoms in total. The fourth-order valence-electron chi connectivity index (χ4n) is 2.22. The SMILES string of the molecule is O=C(O)/C=C/c1ccnc(N2C(=O)c3ccccc3C2=O)c1. The summed E-state index contributed by atoms with van der Waals surface area (Å²) in [5.41, 5.74) is 1.20. The molecule has 0 aliphatic carbocycles. The van der Waals surface area contributed by atoms with E-state index in [2.05, 4.69) is 4.98 Å². The van der Waals surface area contributed by atoms with Crippen LogP contribution in [0.5, 0.6) is 0 Å². The highest BCUT2D eigenvalue weighted by Gasteiger charge is 2.36. The van der Waals surface area contributed by atoms with Gasteiger partial charge in [-0.2, -0.15) is 0 Å². The molecule has 3 rings (SSSR count). The van der Waals surface area contributed by atoms with E-state index in [-0.39, 0.29) is 5.82 Å². The Hall–Kier alpha value is -3.28. The molecular weight excluding hydrogens is 284 g/mol. The van der Waals surface area contributed by atoms with Crippen LogP contribution in [0.15, 0.2) is 48.7 Å². The number of amides is 2. The number of nitrogens with zero attached hydrogens (tertiary/aromatic N) is 2. The summed E-state index contributed by atoms with van der Waals surface area (Å²) >= 11 is 0. The predicted octanol–water partition coefficient (Wildman–Crippen LogP) is 1.98. The van der Waals surface area contributed by atoms with Crippen LogP contribution in [0, 0.1) is 0 Å². The van der Waals surface area contributed by atoms with E-state index in [1.54, 1.807) is 30.3 Å². The van der Waals surface area contributed by atoms with Crippen molar-refractivity contribution in [2.45, 2.75) is 0 Å². The summed E-state index contributed by atoms with van der Waals surface area (Å²) in [4.78, 5) is 40.2. The molecule has 1 N–H and O–H groups in total. The normalized spacial score (nSPS) is 13.7. The van der Waals surface area contributed by atoms with Gasteiger partial charge < -0.3 is 5.11 Å². The van der Waals surface area contributed by atoms with Crippen LogP contribution in [0.25, 0.3) is 6.08 Å². The van der Waals surface area contributed by atoms with Gasteiger partial charge in [0.15, 0.2) is 0 Å². The molecular formula is C16H10N2O4. The van der Waals surface area contributed by atoms with E-state index in [0.29, 0.717) is 16.7 Å². The third-order valence-electron chi connectivity index (χ3n) is 3.21. The number of carboxylic acids is 1. The lowest BCUT2D eigenvalue weighted by molar-refractivity contribution is -0.131. The van der Waals surface area contributed by atoms with Gasteiger partial charge in [0.25, 0.3) is 11.8 Å². The minimum absolute atomic E-state index is 0.165. The topological polar surface area (TPSA) is 87.6 Å². The molecule has 108 valence electrons. The van der Waals surface area contributed by atoms with Crippen molar-refractivity contribution in [1.82, 2.24) is 4.98 Å². The Bertz CT molecular complexity index is 791. The van der Waals surface area contributed by atoms with Crippen molar-refractivity contribution in [2.24, 2.45) is 0 Å². The van der Waals surface area contributed by atoms with Crippen LogP contribution >= 0.6 is 0 Å². The molecule has 0 saturated heterocycles. The first kappa shape index (κ1) is 13.7. The molecule has 1 aliphatic heterocycles. The Morgan fingerprint density at radius 1 is 1.09 bits per heavy atom. The summed E-state index contributed by atoms with van der Waals surface area (Å²) in [5.74, 6) is -1.79. The molecule has 0 bridgehead atoms. The predicted molar refractivity (Wildman–Crippen MR) is 78.5 cm³/mol. The van der Waals surface area contributed by atoms with Crippen LogP contribution in [0.4, 0.5) is 5.82 Å². The van der Waals surface area contributed by atoms with Crippen LogP contribution in [-0.4, -0.2) is 27.9 Å². The molecule has 22 heavy (non-hydrogen) atoms. The van der Waals surface area contributed by atoms with Crippen LogP contribution in [0.2, 0.25) is 0 Å². The Kier molecular flexibility index (Phi) is 3.27. The maximum Gasteiger partial charge on any atom is 0.328 e. The number of carbonyl (C=O) groups is 3. The summed E-state index contributed by atoms with van der Waals surface area (Å²) < 4.78 is 0. The smallest absolute Gasteiger partial charge is 0.328 e. The van der Waals surface area contributed by atoms with E-state index in [1.807, 2.05) is 0 Å². The van der Waals surface area contributed by atoms with E-state index in [0.717, 1.165) is 11.0 Å². The van der Waals surface area contributed by atoms with Gasteiger partial charge in [-0.1, -0.05) is 12.1 Å². The van der Waals surface area contributed by atoms with Gasteiger partial charge in [-0.15, -0.1) is 0 Å². The molecule has 1 aromatic heterocycles. The molecule has 2 aromatic rings. The zero-order chi connectivity index (χ0) is 15.7. The molecule has 0 radical (unpaired) electrons. The fourth-order valence-corrected chi connectivity index (χ4v) is 2.22. The second-order valence-electron chi connectivity index (χ2n) is 4.61. The number of anilines is 1. The van der Waals surface area contributed by atoms with Gasteiger partial charge in [0.2, 0.25) is 0 Å². The van der Waals surface area contributed by atoms with E-state index in [1.165, 1.54) is 18.3 Å². The third-order valence-corrected chi connectivity index (χ3v) is 3.21. The van der Waals surface area contributed by atoms with Crippen molar-refractivity contribution < 1.29 is 19.5 Å². The highest BCUT2D eigenvalue weighted by molar-refractivity contribution is 6.34. The number of aromatic nitrogens is 1. The fraction of sp³-hybridized carbons (Fsp3) is 0. The number of carbonyl (C=O) groups excluding carboxylic acids is 2. The summed E-state index contributed by atoms with van der Waals surface area (Å²) in [6.45, 7) is 0. The van der Waals surface area contributed by atoms with Gasteiger partial charge in [-0.3, -0.25) is 9.59 Å². The largest absolute Gasteiger partial charge is 0.478 e. The first-order valence-corrected chi connectivity index (χ1v) is 6.43. The van der Waals surface area contributed by atoms with Gasteiger partial charge in [-0.05, 0) is 35.9 Å². The lowest BCUT2D eigenvalue weighted by Crippen LogP contribution is -2.30. The van der Waals surface area contributed by atoms with Gasteiger partial charge >= 0.3 is 5.97 Å². The van der Waals surface area contributed by atoms with Gasteiger partial charge in [0.05, 0.1) is 11.1 Å². The highest BCUT2D eigenvalue weighted by atomic mass is 16.4. The number of carboxylic acid groups (broad SMARTS) is 1. The van der Waals surface area contributed by atoms with E-state index < -0.39 is 17.8 Å². The minimum Gasteiger partial charge on any atom is -0.478 e. The highest BCUT2D eigenvalue weighted by Crippen LogP contribution is 2.27. The zero-order valence-electron chi connectivity index (χ0n) is 11.3. The van der Waals surface area contributed by atoms with Crippen molar-refractivity contribution in [1.29, 1.82) is 0 Å². The number of aliphatic carboxylic acids is 1. The van der Waals surface area contributed by atoms with Crippen LogP contribution in [-0.2, 0) is 4.79 Å². The number of imide groups is 1. The molecule has 0 atom stereocenters. The molecule has 0 fully saturated rings. The lowest BCUT2D eigenvalue weighted by atomic mass is 10.1. The molecule has 6 heteroatoms. The second-order valence-corrected chi connectivity index (χ2v) is 4.61. The van der Waals surface area contributed by atoms with Crippen LogP contribution < -0.4 is 4.90 Å². The molecule has 0 unspecified atom stereocenters. The number of pyridine rings is 1. The summed E-state index contributed by atoms with van der Waals surface area (Å²) in [7, 11) is 0. The standard InChI is InChI=1S/C16H10N2O4/c19-14(20)6-5-10-7-8-17-13(9-10)18-15(21)11-3-1-2-4-12(11)16(18)22/h1-9H,(H,19,20)/b6-5+. The summed E-state index contributed by atoms with van der Waals surface area (Å²) in [6, 6.07) is 9.62. The molecule has 0 spiro atoms. The van der Waals surface area contributed by atoms with Crippen molar-refractivity contribution in [3.05, 3.63) is 65.4 Å².